The molecule has 0 saturated heterocycles. The van der Waals surface area contributed by atoms with Crippen molar-refractivity contribution in [2.45, 2.75) is 39.8 Å². The maximum atomic E-state index is 13.4. The Labute approximate surface area is 184 Å². The van der Waals surface area contributed by atoms with Gasteiger partial charge in [0.1, 0.15) is 4.83 Å². The monoisotopic (exact) mass is 438 g/mol. The first-order chi connectivity index (χ1) is 15.0. The van der Waals surface area contributed by atoms with Crippen LogP contribution in [0, 0.1) is 13.8 Å². The number of aromatic nitrogens is 4. The van der Waals surface area contributed by atoms with Crippen molar-refractivity contribution in [1.29, 1.82) is 0 Å². The summed E-state index contributed by atoms with van der Waals surface area (Å²) in [6.07, 6.45) is 2.93. The van der Waals surface area contributed by atoms with Crippen LogP contribution in [0.25, 0.3) is 10.2 Å². The highest BCUT2D eigenvalue weighted by atomic mass is 32.1. The van der Waals surface area contributed by atoms with Crippen LogP contribution in [-0.4, -0.2) is 32.8 Å². The SMILES string of the molecule is COCCn1c(=O)n(CCc2ccccc2)c(=O)c2c(C)c(Cc3nc[nH]c3C)sc21. The fraction of sp³-hybridized carbons (Fsp3) is 0.348. The lowest BCUT2D eigenvalue weighted by Crippen LogP contribution is -2.40. The number of ether oxygens (including phenoxy) is 1. The number of benzene rings is 1. The van der Waals surface area contributed by atoms with E-state index in [1.165, 1.54) is 15.9 Å². The first-order valence-electron chi connectivity index (χ1n) is 10.3. The van der Waals surface area contributed by atoms with Crippen molar-refractivity contribution in [2.24, 2.45) is 0 Å². The Bertz CT molecular complexity index is 1310. The van der Waals surface area contributed by atoms with Crippen LogP contribution in [0.2, 0.25) is 0 Å². The number of aromatic amines is 1. The predicted octanol–water partition coefficient (Wildman–Crippen LogP) is 3.04. The van der Waals surface area contributed by atoms with Gasteiger partial charge in [-0.2, -0.15) is 0 Å². The van der Waals surface area contributed by atoms with Crippen molar-refractivity contribution in [3.63, 3.8) is 0 Å². The largest absolute Gasteiger partial charge is 0.383 e. The number of rotatable bonds is 8. The van der Waals surface area contributed by atoms with E-state index in [2.05, 4.69) is 9.97 Å². The zero-order chi connectivity index (χ0) is 22.0. The van der Waals surface area contributed by atoms with Crippen molar-refractivity contribution in [2.75, 3.05) is 13.7 Å². The van der Waals surface area contributed by atoms with Crippen LogP contribution in [0.5, 0.6) is 0 Å². The summed E-state index contributed by atoms with van der Waals surface area (Å²) in [7, 11) is 1.61. The molecule has 4 rings (SSSR count). The highest BCUT2D eigenvalue weighted by Crippen LogP contribution is 2.30. The van der Waals surface area contributed by atoms with Crippen LogP contribution in [0.4, 0.5) is 0 Å². The van der Waals surface area contributed by atoms with E-state index in [0.717, 1.165) is 27.4 Å². The molecular weight excluding hydrogens is 412 g/mol. The van der Waals surface area contributed by atoms with Gasteiger partial charge in [0.15, 0.2) is 0 Å². The highest BCUT2D eigenvalue weighted by molar-refractivity contribution is 7.18. The molecule has 8 heteroatoms. The van der Waals surface area contributed by atoms with E-state index in [-0.39, 0.29) is 11.2 Å². The summed E-state index contributed by atoms with van der Waals surface area (Å²) in [6, 6.07) is 9.89. The van der Waals surface area contributed by atoms with Crippen molar-refractivity contribution in [3.8, 4) is 0 Å². The first kappa shape index (κ1) is 21.3. The summed E-state index contributed by atoms with van der Waals surface area (Å²) in [6.45, 7) is 5.09. The molecule has 3 heterocycles. The van der Waals surface area contributed by atoms with E-state index in [1.807, 2.05) is 44.2 Å². The molecule has 0 atom stereocenters. The number of fused-ring (bicyclic) bond motifs is 1. The van der Waals surface area contributed by atoms with E-state index < -0.39 is 0 Å². The molecule has 0 aliphatic rings. The van der Waals surface area contributed by atoms with E-state index in [0.29, 0.717) is 42.8 Å². The number of H-pyrrole nitrogens is 1. The summed E-state index contributed by atoms with van der Waals surface area (Å²) in [5.74, 6) is 0. The zero-order valence-electron chi connectivity index (χ0n) is 18.0. The molecule has 31 heavy (non-hydrogen) atoms. The van der Waals surface area contributed by atoms with E-state index >= 15 is 0 Å². The van der Waals surface area contributed by atoms with Crippen molar-refractivity contribution < 1.29 is 4.74 Å². The Morgan fingerprint density at radius 1 is 1.10 bits per heavy atom. The topological polar surface area (TPSA) is 81.9 Å². The van der Waals surface area contributed by atoms with Gasteiger partial charge in [-0.15, -0.1) is 11.3 Å². The quantitative estimate of drug-likeness (QED) is 0.458. The van der Waals surface area contributed by atoms with Crippen LogP contribution in [0.3, 0.4) is 0 Å². The lowest BCUT2D eigenvalue weighted by Gasteiger charge is -2.12. The standard InChI is InChI=1S/C23H26N4O3S/c1-15-19(13-18-16(2)24-14-25-18)31-22-20(15)21(28)26(23(29)27(22)11-12-30-3)10-9-17-7-5-4-6-8-17/h4-8,14H,9-13H2,1-3H3,(H,24,25). The number of nitrogens with zero attached hydrogens (tertiary/aromatic N) is 3. The molecule has 0 fully saturated rings. The Balaban J connectivity index is 1.82. The molecule has 0 radical (unpaired) electrons. The molecule has 0 spiro atoms. The molecule has 0 unspecified atom stereocenters. The van der Waals surface area contributed by atoms with Gasteiger partial charge in [-0.3, -0.25) is 13.9 Å². The molecule has 0 saturated carbocycles. The van der Waals surface area contributed by atoms with Gasteiger partial charge in [0.2, 0.25) is 0 Å². The van der Waals surface area contributed by atoms with E-state index in [4.69, 9.17) is 4.74 Å². The molecule has 0 amide bonds. The molecule has 0 bridgehead atoms. The first-order valence-corrected chi connectivity index (χ1v) is 11.1. The van der Waals surface area contributed by atoms with Gasteiger partial charge in [0.05, 0.1) is 30.6 Å². The van der Waals surface area contributed by atoms with E-state index in [9.17, 15) is 9.59 Å². The number of nitrogens with one attached hydrogen (secondary N) is 1. The molecule has 162 valence electrons. The lowest BCUT2D eigenvalue weighted by molar-refractivity contribution is 0.186. The second-order valence-electron chi connectivity index (χ2n) is 7.60. The average Bonchev–Trinajstić information content (AvgIpc) is 3.32. The minimum atomic E-state index is -0.283. The third-order valence-electron chi connectivity index (χ3n) is 5.64. The molecular formula is C23H26N4O3S. The number of hydrogen-bond donors (Lipinski definition) is 1. The number of thiophene rings is 1. The van der Waals surface area contributed by atoms with E-state index in [1.54, 1.807) is 18.0 Å². The van der Waals surface area contributed by atoms with Gasteiger partial charge in [0.25, 0.3) is 5.56 Å². The Kier molecular flexibility index (Phi) is 6.20. The highest BCUT2D eigenvalue weighted by Gasteiger charge is 2.20. The normalized spacial score (nSPS) is 11.5. The number of aryl methyl sites for hydroxylation is 3. The summed E-state index contributed by atoms with van der Waals surface area (Å²) in [5, 5.41) is 0.622. The second kappa shape index (κ2) is 9.03. The van der Waals surface area contributed by atoms with Crippen LogP contribution >= 0.6 is 11.3 Å². The van der Waals surface area contributed by atoms with Crippen LogP contribution in [0.1, 0.15) is 27.4 Å². The summed E-state index contributed by atoms with van der Waals surface area (Å²) >= 11 is 1.50. The smallest absolute Gasteiger partial charge is 0.332 e. The zero-order valence-corrected chi connectivity index (χ0v) is 18.8. The van der Waals surface area contributed by atoms with Crippen LogP contribution in [-0.2, 0) is 30.7 Å². The summed E-state index contributed by atoms with van der Waals surface area (Å²) < 4.78 is 8.28. The minimum absolute atomic E-state index is 0.219. The lowest BCUT2D eigenvalue weighted by atomic mass is 10.1. The van der Waals surface area contributed by atoms with Crippen LogP contribution < -0.4 is 11.2 Å². The fourth-order valence-corrected chi connectivity index (χ4v) is 5.11. The molecule has 3 aromatic heterocycles. The summed E-state index contributed by atoms with van der Waals surface area (Å²) in [5.41, 5.74) is 3.47. The molecule has 0 aliphatic carbocycles. The van der Waals surface area contributed by atoms with Gasteiger partial charge >= 0.3 is 5.69 Å². The number of methoxy groups -OCH3 is 1. The molecule has 1 N–H and O–H groups in total. The molecule has 0 aliphatic heterocycles. The Morgan fingerprint density at radius 3 is 2.55 bits per heavy atom. The average molecular weight is 439 g/mol. The van der Waals surface area contributed by atoms with Crippen molar-refractivity contribution >= 4 is 21.6 Å². The number of hydrogen-bond acceptors (Lipinski definition) is 5. The van der Waals surface area contributed by atoms with Crippen molar-refractivity contribution in [1.82, 2.24) is 19.1 Å². The third kappa shape index (κ3) is 4.13. The minimum Gasteiger partial charge on any atom is -0.383 e. The van der Waals surface area contributed by atoms with Gasteiger partial charge in [0, 0.05) is 30.6 Å². The number of imidazole rings is 1. The predicted molar refractivity (Wildman–Crippen MR) is 123 cm³/mol. The fourth-order valence-electron chi connectivity index (χ4n) is 3.79. The van der Waals surface area contributed by atoms with Gasteiger partial charge in [-0.05, 0) is 31.4 Å². The third-order valence-corrected chi connectivity index (χ3v) is 6.96. The second-order valence-corrected chi connectivity index (χ2v) is 8.68. The molecule has 7 nitrogen and oxygen atoms in total. The van der Waals surface area contributed by atoms with Gasteiger partial charge in [-0.25, -0.2) is 9.78 Å². The maximum absolute atomic E-state index is 13.4. The Hall–Kier alpha value is -2.97. The van der Waals surface area contributed by atoms with Gasteiger partial charge in [-0.1, -0.05) is 30.3 Å². The van der Waals surface area contributed by atoms with Gasteiger partial charge < -0.3 is 9.72 Å². The molecule has 1 aromatic carbocycles. The van der Waals surface area contributed by atoms with Crippen LogP contribution in [0.15, 0.2) is 46.2 Å². The maximum Gasteiger partial charge on any atom is 0.332 e. The molecule has 4 aromatic rings. The summed E-state index contributed by atoms with van der Waals surface area (Å²) in [4.78, 5) is 35.9. The Morgan fingerprint density at radius 2 is 1.87 bits per heavy atom. The van der Waals surface area contributed by atoms with Crippen molar-refractivity contribution in [3.05, 3.63) is 84.9 Å².